The summed E-state index contributed by atoms with van der Waals surface area (Å²) in [4.78, 5) is 12.5. The molecule has 5 N–H and O–H groups in total. The van der Waals surface area contributed by atoms with Gasteiger partial charge in [-0.25, -0.2) is 0 Å². The average molecular weight is 790 g/mol. The van der Waals surface area contributed by atoms with Gasteiger partial charge in [0.15, 0.2) is 0 Å². The van der Waals surface area contributed by atoms with E-state index in [0.29, 0.717) is 12.8 Å². The fraction of sp³-hybridized carbons (Fsp3) is 0.860. The second-order valence-corrected chi connectivity index (χ2v) is 16.8. The molecule has 6 heteroatoms. The highest BCUT2D eigenvalue weighted by atomic mass is 16.3. The summed E-state index contributed by atoms with van der Waals surface area (Å²) in [6.45, 7) is 4.02. The van der Waals surface area contributed by atoms with Gasteiger partial charge in [-0.1, -0.05) is 217 Å². The number of hydrogen-bond acceptors (Lipinski definition) is 5. The van der Waals surface area contributed by atoms with Crippen molar-refractivity contribution in [2.24, 2.45) is 0 Å². The van der Waals surface area contributed by atoms with Crippen LogP contribution < -0.4 is 5.32 Å². The van der Waals surface area contributed by atoms with E-state index in [2.05, 4.69) is 55.6 Å². The Morgan fingerprint density at radius 3 is 1.21 bits per heavy atom. The second-order valence-electron chi connectivity index (χ2n) is 16.8. The maximum absolute atomic E-state index is 12.5. The lowest BCUT2D eigenvalue weighted by Gasteiger charge is -2.27. The van der Waals surface area contributed by atoms with Crippen LogP contribution in [0.4, 0.5) is 0 Å². The van der Waals surface area contributed by atoms with E-state index in [1.807, 2.05) is 0 Å². The van der Waals surface area contributed by atoms with E-state index >= 15 is 0 Å². The molecule has 0 fully saturated rings. The van der Waals surface area contributed by atoms with E-state index < -0.39 is 36.9 Å². The number of aliphatic hydroxyl groups excluding tert-OH is 4. The maximum atomic E-state index is 12.5. The van der Waals surface area contributed by atoms with E-state index in [4.69, 9.17) is 0 Å². The maximum Gasteiger partial charge on any atom is 0.249 e. The fourth-order valence-electron chi connectivity index (χ4n) is 7.45. The molecule has 4 unspecified atom stereocenters. The molecule has 0 spiro atoms. The summed E-state index contributed by atoms with van der Waals surface area (Å²) in [5.41, 5.74) is 0. The summed E-state index contributed by atoms with van der Waals surface area (Å²) in [6, 6.07) is -1.00. The van der Waals surface area contributed by atoms with Crippen molar-refractivity contribution in [1.82, 2.24) is 5.32 Å². The molecule has 0 rings (SSSR count). The molecule has 6 nitrogen and oxygen atoms in total. The standard InChI is InChI=1S/C50H95NO5/c1-3-5-7-9-11-13-15-17-19-21-23-24-25-26-28-29-31-33-35-37-39-41-43-47(53)49(55)46(45-52)51-50(56)48(54)44-42-40-38-36-34-32-30-27-22-20-18-16-14-12-10-8-6-4-2/h12,14,16,18,35,37,46-49,52-55H,3-11,13,15,17,19-34,36,38-45H2,1-2H3,(H,51,56)/b14-12-,18-16-,37-35+. The van der Waals surface area contributed by atoms with Crippen molar-refractivity contribution in [3.63, 3.8) is 0 Å². The van der Waals surface area contributed by atoms with Crippen LogP contribution in [0.1, 0.15) is 245 Å². The van der Waals surface area contributed by atoms with Gasteiger partial charge >= 0.3 is 0 Å². The van der Waals surface area contributed by atoms with Gasteiger partial charge in [-0.2, -0.15) is 0 Å². The van der Waals surface area contributed by atoms with Gasteiger partial charge in [0.2, 0.25) is 5.91 Å². The fourth-order valence-corrected chi connectivity index (χ4v) is 7.45. The molecule has 56 heavy (non-hydrogen) atoms. The number of rotatable bonds is 44. The van der Waals surface area contributed by atoms with Gasteiger partial charge in [0.05, 0.1) is 18.8 Å². The van der Waals surface area contributed by atoms with Crippen LogP contribution in [0, 0.1) is 0 Å². The smallest absolute Gasteiger partial charge is 0.249 e. The molecule has 0 saturated carbocycles. The van der Waals surface area contributed by atoms with Crippen LogP contribution in [0.15, 0.2) is 36.5 Å². The van der Waals surface area contributed by atoms with E-state index in [1.54, 1.807) is 0 Å². The zero-order chi connectivity index (χ0) is 41.0. The molecule has 4 atom stereocenters. The van der Waals surface area contributed by atoms with Gasteiger partial charge in [0.25, 0.3) is 0 Å². The van der Waals surface area contributed by atoms with Gasteiger partial charge in [-0.15, -0.1) is 0 Å². The van der Waals surface area contributed by atoms with Crippen molar-refractivity contribution >= 4 is 5.91 Å². The molecule has 0 bridgehead atoms. The molecule has 0 saturated heterocycles. The first-order valence-electron chi connectivity index (χ1n) is 24.4. The Hall–Kier alpha value is -1.47. The third-order valence-electron chi connectivity index (χ3n) is 11.4. The largest absolute Gasteiger partial charge is 0.394 e. The molecule has 0 aliphatic carbocycles. The topological polar surface area (TPSA) is 110 Å². The Kier molecular flexibility index (Phi) is 43.5. The van der Waals surface area contributed by atoms with E-state index in [1.165, 1.54) is 173 Å². The third kappa shape index (κ3) is 38.1. The third-order valence-corrected chi connectivity index (χ3v) is 11.4. The number of carbonyl (C=O) groups is 1. The molecular formula is C50H95NO5. The summed E-state index contributed by atoms with van der Waals surface area (Å²) in [5.74, 6) is -0.597. The van der Waals surface area contributed by atoms with Crippen LogP contribution in [-0.2, 0) is 4.79 Å². The van der Waals surface area contributed by atoms with Gasteiger partial charge in [0.1, 0.15) is 12.2 Å². The van der Waals surface area contributed by atoms with Crippen molar-refractivity contribution in [3.05, 3.63) is 36.5 Å². The molecule has 330 valence electrons. The lowest BCUT2D eigenvalue weighted by Crippen LogP contribution is -2.53. The first-order valence-corrected chi connectivity index (χ1v) is 24.4. The first kappa shape index (κ1) is 54.5. The van der Waals surface area contributed by atoms with Crippen LogP contribution in [0.5, 0.6) is 0 Å². The molecular weight excluding hydrogens is 695 g/mol. The average Bonchev–Trinajstić information content (AvgIpc) is 3.20. The minimum atomic E-state index is -1.28. The van der Waals surface area contributed by atoms with Crippen molar-refractivity contribution < 1.29 is 25.2 Å². The predicted octanol–water partition coefficient (Wildman–Crippen LogP) is 13.3. The number of amides is 1. The highest BCUT2D eigenvalue weighted by Crippen LogP contribution is 2.16. The molecule has 0 aromatic carbocycles. The summed E-state index contributed by atoms with van der Waals surface area (Å²) >= 11 is 0. The van der Waals surface area contributed by atoms with E-state index in [-0.39, 0.29) is 0 Å². The SMILES string of the molecule is CCCCC/C=C\C=C/CCCCCCCCCCCC(O)C(=O)NC(CO)C(O)C(O)CCC/C=C/CCCCCCCCCCCCCCCCCCC. The van der Waals surface area contributed by atoms with Gasteiger partial charge < -0.3 is 25.7 Å². The van der Waals surface area contributed by atoms with Gasteiger partial charge in [-0.05, 0) is 64.2 Å². The van der Waals surface area contributed by atoms with Gasteiger partial charge in [-0.3, -0.25) is 4.79 Å². The van der Waals surface area contributed by atoms with Crippen LogP contribution >= 0.6 is 0 Å². The molecule has 0 radical (unpaired) electrons. The Bertz CT molecular complexity index is 889. The lowest BCUT2D eigenvalue weighted by atomic mass is 10.00. The van der Waals surface area contributed by atoms with E-state index in [9.17, 15) is 25.2 Å². The Labute approximate surface area is 347 Å². The summed E-state index contributed by atoms with van der Waals surface area (Å²) in [5, 5.41) is 43.8. The molecule has 0 aromatic heterocycles. The van der Waals surface area contributed by atoms with Crippen LogP contribution in [0.25, 0.3) is 0 Å². The number of carbonyl (C=O) groups excluding carboxylic acids is 1. The number of nitrogens with one attached hydrogen (secondary N) is 1. The van der Waals surface area contributed by atoms with Gasteiger partial charge in [0, 0.05) is 0 Å². The highest BCUT2D eigenvalue weighted by molar-refractivity contribution is 5.80. The summed E-state index contributed by atoms with van der Waals surface area (Å²) < 4.78 is 0. The number of aliphatic hydroxyl groups is 4. The summed E-state index contributed by atoms with van der Waals surface area (Å²) in [6.07, 6.45) is 53.3. The zero-order valence-electron chi connectivity index (χ0n) is 37.1. The minimum absolute atomic E-state index is 0.357. The molecule has 0 aromatic rings. The normalized spacial score (nSPS) is 14.3. The summed E-state index contributed by atoms with van der Waals surface area (Å²) in [7, 11) is 0. The highest BCUT2D eigenvalue weighted by Gasteiger charge is 2.28. The minimum Gasteiger partial charge on any atom is -0.394 e. The van der Waals surface area contributed by atoms with Crippen LogP contribution in [0.3, 0.4) is 0 Å². The van der Waals surface area contributed by atoms with Crippen molar-refractivity contribution in [2.75, 3.05) is 6.61 Å². The quantitative estimate of drug-likeness (QED) is 0.0240. The number of allylic oxidation sites excluding steroid dienone is 6. The molecule has 0 heterocycles. The van der Waals surface area contributed by atoms with Crippen LogP contribution in [-0.4, -0.2) is 57.3 Å². The molecule has 0 aliphatic rings. The molecule has 1 amide bonds. The number of unbranched alkanes of at least 4 members (excludes halogenated alkanes) is 30. The second kappa shape index (κ2) is 44.6. The van der Waals surface area contributed by atoms with E-state index in [0.717, 1.165) is 44.9 Å². The zero-order valence-corrected chi connectivity index (χ0v) is 37.1. The Morgan fingerprint density at radius 2 is 0.786 bits per heavy atom. The first-order chi connectivity index (χ1) is 27.5. The number of hydrogen-bond donors (Lipinski definition) is 5. The lowest BCUT2D eigenvalue weighted by molar-refractivity contribution is -0.132. The predicted molar refractivity (Wildman–Crippen MR) is 242 cm³/mol. The van der Waals surface area contributed by atoms with Crippen molar-refractivity contribution in [3.8, 4) is 0 Å². The Morgan fingerprint density at radius 1 is 0.446 bits per heavy atom. The van der Waals surface area contributed by atoms with Crippen molar-refractivity contribution in [1.29, 1.82) is 0 Å². The molecule has 0 aliphatic heterocycles. The Balaban J connectivity index is 3.73. The van der Waals surface area contributed by atoms with Crippen LogP contribution in [0.2, 0.25) is 0 Å². The monoisotopic (exact) mass is 790 g/mol. The van der Waals surface area contributed by atoms with Crippen molar-refractivity contribution in [2.45, 2.75) is 269 Å².